The van der Waals surface area contributed by atoms with Crippen LogP contribution in [0.1, 0.15) is 22.3 Å². The molecule has 1 aliphatic rings. The summed E-state index contributed by atoms with van der Waals surface area (Å²) < 4.78 is 119. The van der Waals surface area contributed by atoms with Crippen molar-refractivity contribution in [3.8, 4) is 0 Å². The maximum Gasteiger partial charge on any atom is 0.243 e. The minimum Gasteiger partial charge on any atom is -0.304 e. The average molecular weight is 846 g/mol. The van der Waals surface area contributed by atoms with Crippen LogP contribution >= 0.6 is 0 Å². The zero-order chi connectivity index (χ0) is 40.9. The molecule has 1 heterocycles. The molecule has 0 saturated carbocycles. The highest BCUT2D eigenvalue weighted by molar-refractivity contribution is 7.90. The predicted octanol–water partition coefficient (Wildman–Crippen LogP) is 3.93. The topological polar surface area (TPSA) is 153 Å². The van der Waals surface area contributed by atoms with Gasteiger partial charge in [0.05, 0.1) is 19.6 Å². The number of hydrogen-bond donors (Lipinski definition) is 0. The van der Waals surface area contributed by atoms with Gasteiger partial charge in [-0.15, -0.1) is 0 Å². The number of rotatable bonds is 8. The van der Waals surface area contributed by atoms with Crippen LogP contribution < -0.4 is 0 Å². The zero-order valence-electron chi connectivity index (χ0n) is 32.4. The smallest absolute Gasteiger partial charge is 0.243 e. The van der Waals surface area contributed by atoms with Gasteiger partial charge in [0.2, 0.25) is 40.1 Å². The number of nitrogens with zero attached hydrogens (tertiary/aromatic N) is 5. The second-order valence-electron chi connectivity index (χ2n) is 14.2. The van der Waals surface area contributed by atoms with Gasteiger partial charge in [-0.2, -0.15) is 17.2 Å². The molecule has 0 aliphatic carbocycles. The van der Waals surface area contributed by atoms with Crippen molar-refractivity contribution in [2.45, 2.75) is 47.3 Å². The van der Waals surface area contributed by atoms with Gasteiger partial charge in [-0.05, 0) is 83.3 Å². The summed E-state index contributed by atoms with van der Waals surface area (Å²) >= 11 is 0. The average Bonchev–Trinajstić information content (AvgIpc) is 3.15. The van der Waals surface area contributed by atoms with E-state index in [1.807, 2.05) is 27.7 Å². The summed E-state index contributed by atoms with van der Waals surface area (Å²) in [6, 6.07) is 25.2. The van der Waals surface area contributed by atoms with Gasteiger partial charge in [0.15, 0.2) is 0 Å². The second-order valence-corrected chi connectivity index (χ2v) is 21.9. The van der Waals surface area contributed by atoms with Crippen molar-refractivity contribution < 1.29 is 33.7 Å². The van der Waals surface area contributed by atoms with Gasteiger partial charge in [0, 0.05) is 65.4 Å². The van der Waals surface area contributed by atoms with Crippen LogP contribution in [0.3, 0.4) is 0 Å². The lowest BCUT2D eigenvalue weighted by Crippen LogP contribution is -2.47. The molecule has 0 unspecified atom stereocenters. The van der Waals surface area contributed by atoms with Crippen molar-refractivity contribution in [2.24, 2.45) is 0 Å². The Kier molecular flexibility index (Phi) is 14.0. The molecule has 17 heteroatoms. The number of sulfonamides is 4. The van der Waals surface area contributed by atoms with Crippen LogP contribution in [0.2, 0.25) is 0 Å². The zero-order valence-corrected chi connectivity index (χ0v) is 35.7. The molecule has 4 aromatic carbocycles. The summed E-state index contributed by atoms with van der Waals surface area (Å²) in [6.07, 6.45) is 0. The van der Waals surface area contributed by atoms with Crippen LogP contribution in [0.4, 0.5) is 0 Å². The molecule has 5 rings (SSSR count). The Hall–Kier alpha value is -3.52. The summed E-state index contributed by atoms with van der Waals surface area (Å²) in [7, 11) is -15.1. The molecular weight excluding hydrogens is 795 g/mol. The van der Waals surface area contributed by atoms with Crippen molar-refractivity contribution in [2.75, 3.05) is 72.5 Å². The van der Waals surface area contributed by atoms with Gasteiger partial charge in [0.25, 0.3) is 0 Å². The van der Waals surface area contributed by atoms with E-state index in [9.17, 15) is 33.7 Å². The Labute approximate surface area is 333 Å². The Morgan fingerprint density at radius 2 is 0.464 bits per heavy atom. The van der Waals surface area contributed by atoms with Crippen LogP contribution in [0.15, 0.2) is 117 Å². The highest BCUT2D eigenvalue weighted by Gasteiger charge is 2.34. The number of aryl methyl sites for hydroxylation is 4. The predicted molar refractivity (Wildman–Crippen MR) is 217 cm³/mol. The van der Waals surface area contributed by atoms with Gasteiger partial charge < -0.3 is 4.90 Å². The molecule has 0 atom stereocenters. The molecule has 0 spiro atoms. The summed E-state index contributed by atoms with van der Waals surface area (Å²) in [5.41, 5.74) is 3.40. The van der Waals surface area contributed by atoms with Crippen LogP contribution in [0.5, 0.6) is 0 Å². The van der Waals surface area contributed by atoms with E-state index in [0.717, 1.165) is 30.9 Å². The first kappa shape index (κ1) is 43.6. The Morgan fingerprint density at radius 3 is 0.643 bits per heavy atom. The molecule has 1 aliphatic heterocycles. The van der Waals surface area contributed by atoms with E-state index in [4.69, 9.17) is 0 Å². The molecule has 0 radical (unpaired) electrons. The van der Waals surface area contributed by atoms with Gasteiger partial charge in [0.1, 0.15) is 0 Å². The molecule has 0 aromatic heterocycles. The summed E-state index contributed by atoms with van der Waals surface area (Å²) in [4.78, 5) is 1.83. The number of hydrogen-bond acceptors (Lipinski definition) is 9. The third kappa shape index (κ3) is 10.3. The molecule has 1 fully saturated rings. The summed E-state index contributed by atoms with van der Waals surface area (Å²) in [5, 5.41) is 0. The van der Waals surface area contributed by atoms with Crippen molar-refractivity contribution >= 4 is 40.1 Å². The van der Waals surface area contributed by atoms with E-state index in [-0.39, 0.29) is 85.0 Å². The standard InChI is InChI=1S/C39H51N5O8S4/c1-32-6-14-36(15-7-32)53(45,46)41-24-22-40(5)23-25-42(54(47,48)37-16-8-33(2)9-17-37)27-29-44(56(51,52)39-20-12-35(4)13-21-39)31-30-43(28-26-41)55(49,50)38-18-10-34(3)11-19-38/h6-21H,22-31H2,1-5H3. The fourth-order valence-corrected chi connectivity index (χ4v) is 11.9. The summed E-state index contributed by atoms with van der Waals surface area (Å²) in [6.45, 7) is 5.97. The first-order chi connectivity index (χ1) is 26.3. The normalized spacial score (nSPS) is 17.9. The van der Waals surface area contributed by atoms with E-state index < -0.39 is 40.1 Å². The lowest BCUT2D eigenvalue weighted by molar-refractivity contribution is 0.264. The largest absolute Gasteiger partial charge is 0.304 e. The van der Waals surface area contributed by atoms with Gasteiger partial charge in [-0.3, -0.25) is 0 Å². The van der Waals surface area contributed by atoms with Crippen LogP contribution in [0.25, 0.3) is 0 Å². The molecule has 0 bridgehead atoms. The van der Waals surface area contributed by atoms with Crippen molar-refractivity contribution in [3.05, 3.63) is 119 Å². The number of benzene rings is 4. The molecule has 4 aromatic rings. The Bertz CT molecular complexity index is 2220. The first-order valence-corrected chi connectivity index (χ1v) is 24.0. The van der Waals surface area contributed by atoms with Gasteiger partial charge in [-0.1, -0.05) is 70.8 Å². The maximum atomic E-state index is 14.3. The molecule has 1 saturated heterocycles. The van der Waals surface area contributed by atoms with E-state index in [2.05, 4.69) is 0 Å². The van der Waals surface area contributed by atoms with E-state index in [1.165, 1.54) is 57.1 Å². The quantitative estimate of drug-likeness (QED) is 0.257. The lowest BCUT2D eigenvalue weighted by atomic mass is 10.2. The van der Waals surface area contributed by atoms with Crippen molar-refractivity contribution in [1.82, 2.24) is 22.1 Å². The van der Waals surface area contributed by atoms with E-state index in [0.29, 0.717) is 0 Å². The maximum absolute atomic E-state index is 14.3. The van der Waals surface area contributed by atoms with Crippen molar-refractivity contribution in [3.63, 3.8) is 0 Å². The van der Waals surface area contributed by atoms with Gasteiger partial charge in [-0.25, -0.2) is 33.7 Å². The fourth-order valence-electron chi connectivity index (χ4n) is 6.19. The second kappa shape index (κ2) is 18.0. The Balaban J connectivity index is 1.60. The molecule has 13 nitrogen and oxygen atoms in total. The fraction of sp³-hybridized carbons (Fsp3) is 0.385. The molecule has 304 valence electrons. The minimum atomic E-state index is -4.28. The first-order valence-electron chi connectivity index (χ1n) is 18.3. The van der Waals surface area contributed by atoms with Crippen LogP contribution in [-0.2, 0) is 40.1 Å². The van der Waals surface area contributed by atoms with E-state index >= 15 is 0 Å². The summed E-state index contributed by atoms with van der Waals surface area (Å²) in [5.74, 6) is 0. The molecule has 0 N–H and O–H groups in total. The van der Waals surface area contributed by atoms with Crippen molar-refractivity contribution in [1.29, 1.82) is 0 Å². The monoisotopic (exact) mass is 845 g/mol. The van der Waals surface area contributed by atoms with E-state index in [1.54, 1.807) is 60.5 Å². The van der Waals surface area contributed by atoms with Crippen LogP contribution in [0, 0.1) is 27.7 Å². The number of likely N-dealkylation sites (N-methyl/N-ethyl adjacent to an activating group) is 1. The highest BCUT2D eigenvalue weighted by atomic mass is 32.2. The lowest BCUT2D eigenvalue weighted by Gasteiger charge is -2.30. The van der Waals surface area contributed by atoms with Crippen LogP contribution in [-0.4, -0.2) is 128 Å². The molecule has 56 heavy (non-hydrogen) atoms. The SMILES string of the molecule is Cc1ccc(S(=O)(=O)N2CCN(C)CCN(S(=O)(=O)c3ccc(C)cc3)CCN(S(=O)(=O)c3ccc(C)cc3)CCN(S(=O)(=O)c3ccc(C)cc3)CC2)cc1. The van der Waals surface area contributed by atoms with Gasteiger partial charge >= 0.3 is 0 Å². The Morgan fingerprint density at radius 1 is 0.304 bits per heavy atom. The minimum absolute atomic E-state index is 0.0240. The highest BCUT2D eigenvalue weighted by Crippen LogP contribution is 2.23. The molecular formula is C39H51N5O8S4. The third-order valence-electron chi connectivity index (χ3n) is 9.89. The molecule has 0 amide bonds. The third-order valence-corrected chi connectivity index (χ3v) is 17.5.